The molecule has 266 valence electrons. The van der Waals surface area contributed by atoms with Gasteiger partial charge in [-0.3, -0.25) is 14.4 Å². The van der Waals surface area contributed by atoms with Crippen molar-refractivity contribution in [2.45, 2.75) is 29.9 Å². The minimum Gasteiger partial charge on any atom is -0.496 e. The maximum atomic E-state index is 13.8. The van der Waals surface area contributed by atoms with Crippen molar-refractivity contribution in [3.63, 3.8) is 0 Å². The van der Waals surface area contributed by atoms with E-state index in [-0.39, 0.29) is 11.6 Å². The number of hydrogen-bond donors (Lipinski definition) is 3. The lowest BCUT2D eigenvalue weighted by atomic mass is 10.0. The molecule has 8 nitrogen and oxygen atoms in total. The Hall–Kier alpha value is -5.97. The van der Waals surface area contributed by atoms with Gasteiger partial charge in [0.25, 0.3) is 11.8 Å². The van der Waals surface area contributed by atoms with Crippen molar-refractivity contribution in [3.8, 4) is 17.0 Å². The normalized spacial score (nSPS) is 11.8. The van der Waals surface area contributed by atoms with Crippen LogP contribution in [-0.4, -0.2) is 29.8 Å². The van der Waals surface area contributed by atoms with Gasteiger partial charge in [0.15, 0.2) is 5.13 Å². The predicted octanol–water partition coefficient (Wildman–Crippen LogP) is 9.82. The molecule has 10 heteroatoms. The van der Waals surface area contributed by atoms with Gasteiger partial charge in [0.1, 0.15) is 16.7 Å². The molecular weight excluding hydrogens is 701 g/mol. The number of thioether (sulfide) groups is 1. The number of para-hydroxylation sites is 1. The van der Waals surface area contributed by atoms with Gasteiger partial charge in [0, 0.05) is 27.1 Å². The van der Waals surface area contributed by atoms with Gasteiger partial charge in [0.2, 0.25) is 5.91 Å². The van der Waals surface area contributed by atoms with Gasteiger partial charge in [-0.2, -0.15) is 0 Å². The van der Waals surface area contributed by atoms with Crippen LogP contribution < -0.4 is 20.7 Å². The van der Waals surface area contributed by atoms with Crippen LogP contribution in [0.3, 0.4) is 0 Å². The number of rotatable bonds is 13. The van der Waals surface area contributed by atoms with Gasteiger partial charge in [-0.1, -0.05) is 98.8 Å². The summed E-state index contributed by atoms with van der Waals surface area (Å²) in [6.45, 7) is 4.23. The SMILES string of the molecule is COc1ccccc1-c1csc(NC(=O)C(Sc2ccc(NC(=O)/C(=C/c3ccc(C(C)C)cc3)NC(=O)c3ccccc3)cc2)c2ccccc2)n1. The first-order valence-corrected chi connectivity index (χ1v) is 18.7. The predicted molar refractivity (Wildman–Crippen MR) is 215 cm³/mol. The van der Waals surface area contributed by atoms with Crippen LogP contribution in [0, 0.1) is 0 Å². The van der Waals surface area contributed by atoms with E-state index in [1.807, 2.05) is 102 Å². The van der Waals surface area contributed by atoms with Crippen molar-refractivity contribution < 1.29 is 19.1 Å². The Morgan fingerprint density at radius 3 is 2.09 bits per heavy atom. The molecule has 0 bridgehead atoms. The van der Waals surface area contributed by atoms with E-state index in [1.54, 1.807) is 49.6 Å². The molecule has 0 radical (unpaired) electrons. The third kappa shape index (κ3) is 9.68. The van der Waals surface area contributed by atoms with Crippen LogP contribution in [0.4, 0.5) is 10.8 Å². The van der Waals surface area contributed by atoms with Crippen molar-refractivity contribution in [2.24, 2.45) is 0 Å². The second-order valence-corrected chi connectivity index (χ2v) is 14.4. The van der Waals surface area contributed by atoms with E-state index in [1.165, 1.54) is 28.7 Å². The molecule has 0 aliphatic heterocycles. The van der Waals surface area contributed by atoms with Crippen molar-refractivity contribution in [1.29, 1.82) is 0 Å². The van der Waals surface area contributed by atoms with Crippen LogP contribution >= 0.6 is 23.1 Å². The summed E-state index contributed by atoms with van der Waals surface area (Å²) in [4.78, 5) is 46.0. The number of ether oxygens (including phenoxy) is 1. The summed E-state index contributed by atoms with van der Waals surface area (Å²) in [7, 11) is 1.62. The number of thiazole rings is 1. The monoisotopic (exact) mass is 738 g/mol. The van der Waals surface area contributed by atoms with Gasteiger partial charge >= 0.3 is 0 Å². The van der Waals surface area contributed by atoms with Gasteiger partial charge in [-0.15, -0.1) is 23.1 Å². The van der Waals surface area contributed by atoms with Crippen LogP contribution in [-0.2, 0) is 9.59 Å². The fourth-order valence-electron chi connectivity index (χ4n) is 5.42. The van der Waals surface area contributed by atoms with Gasteiger partial charge in [-0.25, -0.2) is 4.98 Å². The van der Waals surface area contributed by atoms with Crippen LogP contribution in [0.1, 0.15) is 52.1 Å². The highest BCUT2D eigenvalue weighted by molar-refractivity contribution is 8.00. The number of methoxy groups -OCH3 is 1. The molecule has 5 aromatic carbocycles. The Morgan fingerprint density at radius 2 is 1.42 bits per heavy atom. The summed E-state index contributed by atoms with van der Waals surface area (Å²) in [5.41, 5.74) is 5.41. The molecular formula is C43H38N4O4S2. The molecule has 6 aromatic rings. The highest BCUT2D eigenvalue weighted by Crippen LogP contribution is 2.38. The third-order valence-electron chi connectivity index (χ3n) is 8.27. The lowest BCUT2D eigenvalue weighted by molar-refractivity contribution is -0.116. The molecule has 0 saturated carbocycles. The Labute approximate surface area is 317 Å². The van der Waals surface area contributed by atoms with Crippen molar-refractivity contribution in [1.82, 2.24) is 10.3 Å². The fraction of sp³-hybridized carbons (Fsp3) is 0.116. The average Bonchev–Trinajstić information content (AvgIpc) is 3.66. The third-order valence-corrected chi connectivity index (χ3v) is 10.3. The number of nitrogens with zero attached hydrogens (tertiary/aromatic N) is 1. The lowest BCUT2D eigenvalue weighted by Crippen LogP contribution is -2.30. The summed E-state index contributed by atoms with van der Waals surface area (Å²) in [6.07, 6.45) is 1.66. The number of hydrogen-bond acceptors (Lipinski definition) is 7. The Kier molecular flexibility index (Phi) is 12.2. The van der Waals surface area contributed by atoms with Crippen molar-refractivity contribution in [3.05, 3.63) is 167 Å². The number of nitrogens with one attached hydrogen (secondary N) is 3. The second-order valence-electron chi connectivity index (χ2n) is 12.3. The molecule has 3 N–H and O–H groups in total. The summed E-state index contributed by atoms with van der Waals surface area (Å²) in [6, 6.07) is 41.0. The van der Waals surface area contributed by atoms with Gasteiger partial charge in [0.05, 0.1) is 12.8 Å². The maximum Gasteiger partial charge on any atom is 0.272 e. The molecule has 53 heavy (non-hydrogen) atoms. The quantitative estimate of drug-likeness (QED) is 0.0804. The molecule has 0 fully saturated rings. The Morgan fingerprint density at radius 1 is 0.755 bits per heavy atom. The molecule has 0 aliphatic rings. The number of carbonyl (C=O) groups excluding carboxylic acids is 3. The maximum absolute atomic E-state index is 13.8. The molecule has 1 aromatic heterocycles. The molecule has 1 unspecified atom stereocenters. The van der Waals surface area contributed by atoms with Crippen molar-refractivity contribution in [2.75, 3.05) is 17.7 Å². The summed E-state index contributed by atoms with van der Waals surface area (Å²) in [5.74, 6) is -0.0154. The zero-order valence-electron chi connectivity index (χ0n) is 29.4. The molecule has 1 atom stereocenters. The smallest absolute Gasteiger partial charge is 0.272 e. The van der Waals surface area contributed by atoms with Crippen LogP contribution in [0.5, 0.6) is 5.75 Å². The minimum atomic E-state index is -0.583. The minimum absolute atomic E-state index is 0.103. The van der Waals surface area contributed by atoms with Crippen molar-refractivity contribution >= 4 is 57.7 Å². The van der Waals surface area contributed by atoms with E-state index in [4.69, 9.17) is 4.74 Å². The number of aromatic nitrogens is 1. The second kappa shape index (κ2) is 17.5. The zero-order valence-corrected chi connectivity index (χ0v) is 31.0. The molecule has 0 saturated heterocycles. The zero-order chi connectivity index (χ0) is 37.2. The summed E-state index contributed by atoms with van der Waals surface area (Å²) in [5, 5.41) is 10.5. The van der Waals surface area contributed by atoms with E-state index in [0.29, 0.717) is 33.7 Å². The first kappa shape index (κ1) is 36.8. The summed E-state index contributed by atoms with van der Waals surface area (Å²) >= 11 is 2.73. The first-order valence-electron chi connectivity index (χ1n) is 17.0. The van der Waals surface area contributed by atoms with E-state index in [9.17, 15) is 14.4 Å². The number of anilines is 2. The highest BCUT2D eigenvalue weighted by Gasteiger charge is 2.24. The number of benzene rings is 5. The van der Waals surface area contributed by atoms with E-state index < -0.39 is 17.1 Å². The van der Waals surface area contributed by atoms with E-state index in [0.717, 1.165) is 21.6 Å². The average molecular weight is 739 g/mol. The molecule has 6 rings (SSSR count). The topological polar surface area (TPSA) is 109 Å². The number of carbonyl (C=O) groups is 3. The van der Waals surface area contributed by atoms with Gasteiger partial charge in [-0.05, 0) is 77.2 Å². The van der Waals surface area contributed by atoms with Crippen LogP contribution in [0.15, 0.2) is 149 Å². The standard InChI is InChI=1S/C43H38N4O4S2/c1-28(2)30-20-18-29(19-21-30)26-36(45-40(48)32-14-8-5-9-15-32)41(49)44-33-22-24-34(25-23-33)53-39(31-12-6-4-7-13-31)42(50)47-43-46-37(27-52-43)35-16-10-11-17-38(35)51-3/h4-28,39H,1-3H3,(H,44,49)(H,45,48)(H,46,47,50)/b36-26-. The lowest BCUT2D eigenvalue weighted by Gasteiger charge is -2.17. The highest BCUT2D eigenvalue weighted by atomic mass is 32.2. The first-order chi connectivity index (χ1) is 25.8. The number of amides is 3. The van der Waals surface area contributed by atoms with Crippen LogP contribution in [0.2, 0.25) is 0 Å². The fourth-order valence-corrected chi connectivity index (χ4v) is 7.16. The van der Waals surface area contributed by atoms with Gasteiger partial charge < -0.3 is 20.7 Å². The van der Waals surface area contributed by atoms with E-state index in [2.05, 4.69) is 34.8 Å². The molecule has 3 amide bonds. The largest absolute Gasteiger partial charge is 0.496 e. The molecule has 1 heterocycles. The van der Waals surface area contributed by atoms with E-state index >= 15 is 0 Å². The molecule has 0 spiro atoms. The Balaban J connectivity index is 1.17. The molecule has 0 aliphatic carbocycles. The Bertz CT molecular complexity index is 2200. The van der Waals surface area contributed by atoms with Crippen LogP contribution in [0.25, 0.3) is 17.3 Å². The summed E-state index contributed by atoms with van der Waals surface area (Å²) < 4.78 is 5.49.